The molecule has 1 atom stereocenters. The van der Waals surface area contributed by atoms with E-state index in [4.69, 9.17) is 4.74 Å². The first kappa shape index (κ1) is 24.0. The van der Waals surface area contributed by atoms with E-state index in [1.165, 1.54) is 6.92 Å². The zero-order chi connectivity index (χ0) is 23.2. The summed E-state index contributed by atoms with van der Waals surface area (Å²) in [5, 5.41) is 2.79. The first-order valence-electron chi connectivity index (χ1n) is 10.2. The summed E-state index contributed by atoms with van der Waals surface area (Å²) in [5.41, 5.74) is 2.01. The molecule has 0 unspecified atom stereocenters. The Hall–Kier alpha value is -3.28. The summed E-state index contributed by atoms with van der Waals surface area (Å²) in [5.74, 6) is -1.24. The van der Waals surface area contributed by atoms with Crippen molar-refractivity contribution in [1.29, 1.82) is 0 Å². The fourth-order valence-electron chi connectivity index (χ4n) is 2.68. The van der Waals surface area contributed by atoms with Crippen LogP contribution >= 0.6 is 0 Å². The molecule has 31 heavy (non-hydrogen) atoms. The Morgan fingerprint density at radius 3 is 1.97 bits per heavy atom. The molecule has 164 valence electrons. The highest BCUT2D eigenvalue weighted by Crippen LogP contribution is 2.18. The van der Waals surface area contributed by atoms with Gasteiger partial charge in [-0.05, 0) is 38.1 Å². The van der Waals surface area contributed by atoms with Crippen molar-refractivity contribution in [2.24, 2.45) is 5.41 Å². The van der Waals surface area contributed by atoms with Crippen molar-refractivity contribution in [3.63, 3.8) is 0 Å². The molecule has 0 heterocycles. The standard InChI is InChI=1S/C25H29NO5/c1-16-6-8-18(9-7-16)21(27)14-15-22(28)31-17(2)23(29)19-10-12-20(13-11-19)26-24(30)25(3,4)5/h6-13,17H,14-15H2,1-5H3,(H,26,30)/t17-/m1/s1. The molecule has 0 bridgehead atoms. The van der Waals surface area contributed by atoms with E-state index in [0.29, 0.717) is 16.8 Å². The molecule has 0 fully saturated rings. The highest BCUT2D eigenvalue weighted by molar-refractivity contribution is 6.01. The number of Topliss-reactive ketones (excluding diaryl/α,β-unsaturated/α-hetero) is 2. The van der Waals surface area contributed by atoms with E-state index in [0.717, 1.165) is 5.56 Å². The number of anilines is 1. The van der Waals surface area contributed by atoms with E-state index in [1.807, 2.05) is 39.8 Å². The van der Waals surface area contributed by atoms with Crippen LogP contribution in [0.15, 0.2) is 48.5 Å². The number of hydrogen-bond donors (Lipinski definition) is 1. The van der Waals surface area contributed by atoms with Gasteiger partial charge in [0.15, 0.2) is 11.9 Å². The Kier molecular flexibility index (Phi) is 7.86. The van der Waals surface area contributed by atoms with Crippen molar-refractivity contribution < 1.29 is 23.9 Å². The number of esters is 1. The Morgan fingerprint density at radius 2 is 1.42 bits per heavy atom. The minimum Gasteiger partial charge on any atom is -0.454 e. The number of ketones is 2. The molecular weight excluding hydrogens is 394 g/mol. The predicted octanol–water partition coefficient (Wildman–Crippen LogP) is 4.76. The van der Waals surface area contributed by atoms with Crippen LogP contribution in [-0.2, 0) is 14.3 Å². The molecule has 0 aromatic heterocycles. The van der Waals surface area contributed by atoms with Crippen molar-refractivity contribution in [3.05, 3.63) is 65.2 Å². The van der Waals surface area contributed by atoms with E-state index in [2.05, 4.69) is 5.32 Å². The van der Waals surface area contributed by atoms with Gasteiger partial charge in [-0.2, -0.15) is 0 Å². The highest BCUT2D eigenvalue weighted by atomic mass is 16.5. The second-order valence-corrected chi connectivity index (χ2v) is 8.57. The van der Waals surface area contributed by atoms with Gasteiger partial charge in [-0.3, -0.25) is 19.2 Å². The Bertz CT molecular complexity index is 953. The van der Waals surface area contributed by atoms with E-state index in [-0.39, 0.29) is 30.3 Å². The smallest absolute Gasteiger partial charge is 0.306 e. The molecule has 2 aromatic rings. The van der Waals surface area contributed by atoms with Crippen LogP contribution in [0.4, 0.5) is 5.69 Å². The van der Waals surface area contributed by atoms with Gasteiger partial charge in [-0.25, -0.2) is 0 Å². The quantitative estimate of drug-likeness (QED) is 0.488. The minimum absolute atomic E-state index is 0.0188. The molecule has 1 amide bonds. The maximum atomic E-state index is 12.5. The first-order valence-corrected chi connectivity index (χ1v) is 10.2. The Labute approximate surface area is 183 Å². The number of carbonyl (C=O) groups excluding carboxylic acids is 4. The topological polar surface area (TPSA) is 89.5 Å². The molecule has 6 nitrogen and oxygen atoms in total. The summed E-state index contributed by atoms with van der Waals surface area (Å²) < 4.78 is 5.20. The van der Waals surface area contributed by atoms with Crippen molar-refractivity contribution in [3.8, 4) is 0 Å². The lowest BCUT2D eigenvalue weighted by molar-refractivity contribution is -0.146. The Balaban J connectivity index is 1.86. The van der Waals surface area contributed by atoms with Gasteiger partial charge in [-0.15, -0.1) is 0 Å². The molecule has 2 rings (SSSR count). The summed E-state index contributed by atoms with van der Waals surface area (Å²) in [7, 11) is 0. The number of rotatable bonds is 8. The molecule has 0 aliphatic rings. The van der Waals surface area contributed by atoms with Gasteiger partial charge in [0.2, 0.25) is 11.7 Å². The number of carbonyl (C=O) groups is 4. The second-order valence-electron chi connectivity index (χ2n) is 8.57. The summed E-state index contributed by atoms with van der Waals surface area (Å²) in [6.07, 6.45) is -1.05. The van der Waals surface area contributed by atoms with Crippen molar-refractivity contribution in [2.75, 3.05) is 5.32 Å². The number of nitrogens with one attached hydrogen (secondary N) is 1. The van der Waals surface area contributed by atoms with E-state index < -0.39 is 17.5 Å². The molecule has 6 heteroatoms. The van der Waals surface area contributed by atoms with Gasteiger partial charge >= 0.3 is 5.97 Å². The molecule has 0 saturated heterocycles. The first-order chi connectivity index (χ1) is 14.5. The third-order valence-electron chi connectivity index (χ3n) is 4.72. The average molecular weight is 424 g/mol. The van der Waals surface area contributed by atoms with Crippen molar-refractivity contribution in [2.45, 2.75) is 53.6 Å². The van der Waals surface area contributed by atoms with Crippen molar-refractivity contribution >= 4 is 29.1 Å². The zero-order valence-electron chi connectivity index (χ0n) is 18.7. The third kappa shape index (κ3) is 7.17. The van der Waals surface area contributed by atoms with Gasteiger partial charge in [0.25, 0.3) is 0 Å². The monoisotopic (exact) mass is 423 g/mol. The van der Waals surface area contributed by atoms with Crippen LogP contribution < -0.4 is 5.32 Å². The van der Waals surface area contributed by atoms with Crippen LogP contribution in [0.3, 0.4) is 0 Å². The summed E-state index contributed by atoms with van der Waals surface area (Å²) >= 11 is 0. The molecule has 0 radical (unpaired) electrons. The SMILES string of the molecule is Cc1ccc(C(=O)CCC(=O)O[C@H](C)C(=O)c2ccc(NC(=O)C(C)(C)C)cc2)cc1. The van der Waals surface area contributed by atoms with Crippen LogP contribution in [0, 0.1) is 12.3 Å². The van der Waals surface area contributed by atoms with Gasteiger partial charge < -0.3 is 10.1 Å². The summed E-state index contributed by atoms with van der Waals surface area (Å²) in [6.45, 7) is 8.86. The van der Waals surface area contributed by atoms with Crippen LogP contribution in [0.25, 0.3) is 0 Å². The van der Waals surface area contributed by atoms with Gasteiger partial charge in [0, 0.05) is 28.7 Å². The maximum absolute atomic E-state index is 12.5. The van der Waals surface area contributed by atoms with Gasteiger partial charge in [0.1, 0.15) is 0 Å². The van der Waals surface area contributed by atoms with Crippen LogP contribution in [0.1, 0.15) is 66.8 Å². The maximum Gasteiger partial charge on any atom is 0.306 e. The average Bonchev–Trinajstić information content (AvgIpc) is 2.71. The number of aryl methyl sites for hydroxylation is 1. The molecule has 1 N–H and O–H groups in total. The highest BCUT2D eigenvalue weighted by Gasteiger charge is 2.22. The second kappa shape index (κ2) is 10.2. The molecule has 0 aliphatic carbocycles. The Morgan fingerprint density at radius 1 is 0.871 bits per heavy atom. The minimum atomic E-state index is -0.975. The van der Waals surface area contributed by atoms with Gasteiger partial charge in [0.05, 0.1) is 6.42 Å². The molecule has 0 aliphatic heterocycles. The van der Waals surface area contributed by atoms with Crippen LogP contribution in [-0.4, -0.2) is 29.5 Å². The lowest BCUT2D eigenvalue weighted by Gasteiger charge is -2.18. The fourth-order valence-corrected chi connectivity index (χ4v) is 2.68. The third-order valence-corrected chi connectivity index (χ3v) is 4.72. The van der Waals surface area contributed by atoms with E-state index >= 15 is 0 Å². The largest absolute Gasteiger partial charge is 0.454 e. The molecular formula is C25H29NO5. The van der Waals surface area contributed by atoms with E-state index in [9.17, 15) is 19.2 Å². The lowest BCUT2D eigenvalue weighted by atomic mass is 9.95. The van der Waals surface area contributed by atoms with Crippen LogP contribution in [0.5, 0.6) is 0 Å². The van der Waals surface area contributed by atoms with E-state index in [1.54, 1.807) is 36.4 Å². The molecule has 0 saturated carbocycles. The fraction of sp³-hybridized carbons (Fsp3) is 0.360. The summed E-state index contributed by atoms with van der Waals surface area (Å²) in [6, 6.07) is 13.5. The summed E-state index contributed by atoms with van der Waals surface area (Å²) in [4.78, 5) is 48.8. The van der Waals surface area contributed by atoms with Gasteiger partial charge in [-0.1, -0.05) is 50.6 Å². The number of benzene rings is 2. The predicted molar refractivity (Wildman–Crippen MR) is 119 cm³/mol. The number of hydrogen-bond acceptors (Lipinski definition) is 5. The number of amides is 1. The molecule has 2 aromatic carbocycles. The zero-order valence-corrected chi connectivity index (χ0v) is 18.7. The molecule has 0 spiro atoms. The lowest BCUT2D eigenvalue weighted by Crippen LogP contribution is -2.27. The van der Waals surface area contributed by atoms with Crippen molar-refractivity contribution in [1.82, 2.24) is 0 Å². The normalized spacial score (nSPS) is 12.0. The number of ether oxygens (including phenoxy) is 1. The van der Waals surface area contributed by atoms with Crippen LogP contribution in [0.2, 0.25) is 0 Å².